The molecule has 1 fully saturated rings. The molecule has 3 heterocycles. The summed E-state index contributed by atoms with van der Waals surface area (Å²) in [6, 6.07) is 11.1. The number of hydrogen-bond donors (Lipinski definition) is 2. The van der Waals surface area contributed by atoms with Crippen LogP contribution in [0.15, 0.2) is 48.7 Å². The zero-order chi connectivity index (χ0) is 22.1. The molecule has 2 aromatic carbocycles. The van der Waals surface area contributed by atoms with Gasteiger partial charge in [-0.1, -0.05) is 35.9 Å². The molecule has 9 heteroatoms. The number of aromatic nitrogens is 4. The minimum absolute atomic E-state index is 0.241. The molecular formula is C23H21ClF2N6. The van der Waals surface area contributed by atoms with Crippen molar-refractivity contribution in [2.75, 3.05) is 18.4 Å². The Kier molecular flexibility index (Phi) is 5.71. The monoisotopic (exact) mass is 454 g/mol. The van der Waals surface area contributed by atoms with Gasteiger partial charge in [0, 0.05) is 18.7 Å². The van der Waals surface area contributed by atoms with E-state index in [9.17, 15) is 8.78 Å². The van der Waals surface area contributed by atoms with Crippen molar-refractivity contribution in [3.63, 3.8) is 0 Å². The summed E-state index contributed by atoms with van der Waals surface area (Å²) in [6.45, 7) is 2.67. The fourth-order valence-corrected chi connectivity index (χ4v) is 4.27. The van der Waals surface area contributed by atoms with Gasteiger partial charge in [0.2, 0.25) is 5.95 Å². The van der Waals surface area contributed by atoms with Gasteiger partial charge in [-0.05, 0) is 43.6 Å². The van der Waals surface area contributed by atoms with E-state index in [4.69, 9.17) is 11.6 Å². The Hall–Kier alpha value is -3.10. The number of imidazole rings is 1. The lowest BCUT2D eigenvalue weighted by atomic mass is 10.1. The second-order valence-electron chi connectivity index (χ2n) is 7.85. The second kappa shape index (κ2) is 8.80. The maximum absolute atomic E-state index is 14.7. The third-order valence-electron chi connectivity index (χ3n) is 5.67. The maximum atomic E-state index is 14.7. The lowest BCUT2D eigenvalue weighted by molar-refractivity contribution is 0.489. The Morgan fingerprint density at radius 3 is 2.72 bits per heavy atom. The highest BCUT2D eigenvalue weighted by molar-refractivity contribution is 6.33. The van der Waals surface area contributed by atoms with Gasteiger partial charge in [0.1, 0.15) is 23.0 Å². The highest BCUT2D eigenvalue weighted by Crippen LogP contribution is 2.33. The van der Waals surface area contributed by atoms with E-state index in [1.807, 2.05) is 4.57 Å². The first-order chi connectivity index (χ1) is 15.6. The predicted octanol–water partition coefficient (Wildman–Crippen LogP) is 4.65. The largest absolute Gasteiger partial charge is 0.350 e. The topological polar surface area (TPSA) is 67.7 Å². The third-order valence-corrected chi connectivity index (χ3v) is 5.99. The van der Waals surface area contributed by atoms with Crippen molar-refractivity contribution in [1.82, 2.24) is 24.8 Å². The van der Waals surface area contributed by atoms with E-state index >= 15 is 0 Å². The fraction of sp³-hybridized carbons (Fsp3) is 0.261. The molecule has 6 nitrogen and oxygen atoms in total. The van der Waals surface area contributed by atoms with Crippen LogP contribution in [0.3, 0.4) is 0 Å². The lowest BCUT2D eigenvalue weighted by Crippen LogP contribution is -2.16. The molecule has 0 amide bonds. The lowest BCUT2D eigenvalue weighted by Gasteiger charge is -2.14. The number of fused-ring (bicyclic) bond motifs is 1. The van der Waals surface area contributed by atoms with Gasteiger partial charge in [-0.2, -0.15) is 4.98 Å². The van der Waals surface area contributed by atoms with E-state index in [-0.39, 0.29) is 22.9 Å². The van der Waals surface area contributed by atoms with E-state index in [0.717, 1.165) is 19.5 Å². The minimum atomic E-state index is -0.440. The van der Waals surface area contributed by atoms with Crippen molar-refractivity contribution in [1.29, 1.82) is 0 Å². The van der Waals surface area contributed by atoms with Crippen molar-refractivity contribution in [3.8, 4) is 11.4 Å². The number of nitrogens with one attached hydrogen (secondary N) is 2. The molecule has 1 aliphatic rings. The molecule has 2 aromatic heterocycles. The Bertz CT molecular complexity index is 1250. The summed E-state index contributed by atoms with van der Waals surface area (Å²) >= 11 is 6.35. The van der Waals surface area contributed by atoms with Crippen molar-refractivity contribution >= 4 is 28.7 Å². The van der Waals surface area contributed by atoms with Gasteiger partial charge in [-0.15, -0.1) is 0 Å². The zero-order valence-corrected chi connectivity index (χ0v) is 17.9. The van der Waals surface area contributed by atoms with Gasteiger partial charge >= 0.3 is 0 Å². The van der Waals surface area contributed by atoms with Gasteiger partial charge in [-0.3, -0.25) is 0 Å². The molecule has 0 aliphatic carbocycles. The Morgan fingerprint density at radius 1 is 1.09 bits per heavy atom. The Morgan fingerprint density at radius 2 is 1.94 bits per heavy atom. The summed E-state index contributed by atoms with van der Waals surface area (Å²) in [5.41, 5.74) is 1.89. The quantitative estimate of drug-likeness (QED) is 0.444. The van der Waals surface area contributed by atoms with Gasteiger partial charge in [-0.25, -0.2) is 18.7 Å². The van der Waals surface area contributed by atoms with Gasteiger partial charge in [0.05, 0.1) is 16.8 Å². The van der Waals surface area contributed by atoms with Crippen LogP contribution >= 0.6 is 11.6 Å². The smallest absolute Gasteiger partial charge is 0.225 e. The molecule has 2 N–H and O–H groups in total. The molecule has 164 valence electrons. The summed E-state index contributed by atoms with van der Waals surface area (Å²) in [4.78, 5) is 13.6. The van der Waals surface area contributed by atoms with Crippen molar-refractivity contribution < 1.29 is 8.78 Å². The first kappa shape index (κ1) is 20.8. The van der Waals surface area contributed by atoms with Crippen molar-refractivity contribution in [2.45, 2.75) is 19.5 Å². The van der Waals surface area contributed by atoms with E-state index in [1.54, 1.807) is 36.5 Å². The second-order valence-corrected chi connectivity index (χ2v) is 8.26. The normalized spacial score (nSPS) is 16.0. The van der Waals surface area contributed by atoms with E-state index in [0.29, 0.717) is 41.0 Å². The van der Waals surface area contributed by atoms with E-state index in [1.165, 1.54) is 12.1 Å². The molecular weight excluding hydrogens is 434 g/mol. The molecule has 4 aromatic rings. The van der Waals surface area contributed by atoms with Crippen LogP contribution in [0.2, 0.25) is 5.02 Å². The minimum Gasteiger partial charge on any atom is -0.350 e. The Labute approximate surface area is 188 Å². The number of anilines is 1. The molecule has 1 aliphatic heterocycles. The van der Waals surface area contributed by atoms with Crippen LogP contribution in [-0.4, -0.2) is 32.6 Å². The Balaban J connectivity index is 1.55. The van der Waals surface area contributed by atoms with E-state index in [2.05, 4.69) is 25.6 Å². The SMILES string of the molecule is Fc1ccccc1CNc1ncc2nc(-c3c(F)cccc3Cl)n(C[C@@H]3CCNC3)c2n1. The first-order valence-corrected chi connectivity index (χ1v) is 10.8. The average Bonchev–Trinajstić information content (AvgIpc) is 3.42. The molecule has 0 radical (unpaired) electrons. The summed E-state index contributed by atoms with van der Waals surface area (Å²) in [6.07, 6.45) is 2.60. The standard InChI is InChI=1S/C23H21ClF2N6/c24-16-5-3-7-18(26)20(16)22-30-19-12-29-23(28-11-15-4-1-2-6-17(15)25)31-21(19)32(22)13-14-8-9-27-10-14/h1-7,12,14,27H,8-11,13H2,(H,28,29,31)/t14-/m1/s1. The molecule has 0 spiro atoms. The summed E-state index contributed by atoms with van der Waals surface area (Å²) in [5.74, 6) is 0.399. The van der Waals surface area contributed by atoms with Crippen LogP contribution in [0.1, 0.15) is 12.0 Å². The maximum Gasteiger partial charge on any atom is 0.225 e. The van der Waals surface area contributed by atoms with Crippen LogP contribution in [0.4, 0.5) is 14.7 Å². The van der Waals surface area contributed by atoms with Crippen molar-refractivity contribution in [2.24, 2.45) is 5.92 Å². The fourth-order valence-electron chi connectivity index (χ4n) is 4.02. The van der Waals surface area contributed by atoms with Crippen LogP contribution in [-0.2, 0) is 13.1 Å². The summed E-state index contributed by atoms with van der Waals surface area (Å²) in [5, 5.41) is 6.72. The molecule has 5 rings (SSSR count). The van der Waals surface area contributed by atoms with E-state index < -0.39 is 5.82 Å². The number of nitrogens with zero attached hydrogens (tertiary/aromatic N) is 4. The molecule has 0 saturated carbocycles. The number of hydrogen-bond acceptors (Lipinski definition) is 5. The molecule has 1 saturated heterocycles. The highest BCUT2D eigenvalue weighted by Gasteiger charge is 2.24. The van der Waals surface area contributed by atoms with Crippen molar-refractivity contribution in [3.05, 3.63) is 70.9 Å². The molecule has 32 heavy (non-hydrogen) atoms. The molecule has 1 atom stereocenters. The van der Waals surface area contributed by atoms with Crippen LogP contribution in [0.25, 0.3) is 22.6 Å². The first-order valence-electron chi connectivity index (χ1n) is 10.5. The van der Waals surface area contributed by atoms with Gasteiger partial charge in [0.15, 0.2) is 5.65 Å². The van der Waals surface area contributed by atoms with Gasteiger partial charge < -0.3 is 15.2 Å². The number of halogens is 3. The van der Waals surface area contributed by atoms with Crippen LogP contribution in [0.5, 0.6) is 0 Å². The van der Waals surface area contributed by atoms with Gasteiger partial charge in [0.25, 0.3) is 0 Å². The number of rotatable bonds is 6. The predicted molar refractivity (Wildman–Crippen MR) is 120 cm³/mol. The van der Waals surface area contributed by atoms with Crippen LogP contribution < -0.4 is 10.6 Å². The molecule has 0 unspecified atom stereocenters. The molecule has 0 bridgehead atoms. The third kappa shape index (κ3) is 4.03. The highest BCUT2D eigenvalue weighted by atomic mass is 35.5. The zero-order valence-electron chi connectivity index (χ0n) is 17.2. The average molecular weight is 455 g/mol. The number of benzene rings is 2. The van der Waals surface area contributed by atoms with Crippen LogP contribution in [0, 0.1) is 17.6 Å². The summed E-state index contributed by atoms with van der Waals surface area (Å²) < 4.78 is 30.6. The summed E-state index contributed by atoms with van der Waals surface area (Å²) in [7, 11) is 0.